The monoisotopic (exact) mass is 1300 g/mol. The predicted octanol–water partition coefficient (Wildman–Crippen LogP) is 13.8. The Morgan fingerprint density at radius 3 is 1.03 bits per heavy atom. The fraction of sp³-hybridized carbons (Fsp3) is 0.0606. The average Bonchev–Trinajstić information content (AvgIpc) is 3.40. The molecule has 0 saturated heterocycles. The van der Waals surface area contributed by atoms with Crippen molar-refractivity contribution in [2.24, 2.45) is 0 Å². The van der Waals surface area contributed by atoms with E-state index in [-0.39, 0.29) is 50.2 Å². The maximum atomic E-state index is 7.35. The van der Waals surface area contributed by atoms with E-state index in [1.165, 1.54) is 58.9 Å². The molecule has 0 atom stereocenters. The fourth-order valence-electron chi connectivity index (χ4n) is 9.14. The first-order valence-corrected chi connectivity index (χ1v) is 26.1. The van der Waals surface area contributed by atoms with Crippen LogP contribution in [0.2, 0.25) is 0 Å². The summed E-state index contributed by atoms with van der Waals surface area (Å²) < 4.78 is 0. The van der Waals surface area contributed by atoms with E-state index < -0.39 is 15.8 Å². The zero-order chi connectivity index (χ0) is 46.9. The van der Waals surface area contributed by atoms with Gasteiger partial charge in [-0.25, -0.2) is 0 Å². The van der Waals surface area contributed by atoms with Gasteiger partial charge in [-0.2, -0.15) is 0 Å². The van der Waals surface area contributed by atoms with Gasteiger partial charge in [0.15, 0.2) is 0 Å². The summed E-state index contributed by atoms with van der Waals surface area (Å²) in [6.45, 7) is 6.97. The van der Waals surface area contributed by atoms with E-state index in [1.54, 1.807) is 0 Å². The summed E-state index contributed by atoms with van der Waals surface area (Å²) >= 11 is 0. The minimum Gasteiger partial charge on any atom is -0.366 e. The summed E-state index contributed by atoms with van der Waals surface area (Å²) in [4.78, 5) is 0. The normalized spacial score (nSPS) is 10.8. The van der Waals surface area contributed by atoms with Crippen LogP contribution in [0.5, 0.6) is 0 Å². The Morgan fingerprint density at radius 1 is 0.329 bits per heavy atom. The van der Waals surface area contributed by atoms with Crippen molar-refractivity contribution in [3.63, 3.8) is 0 Å². The molecule has 0 aliphatic heterocycles. The molecule has 70 heavy (non-hydrogen) atoms. The second-order valence-corrected chi connectivity index (χ2v) is 22.7. The smallest absolute Gasteiger partial charge is 0.366 e. The van der Waals surface area contributed by atoms with Crippen LogP contribution in [0.15, 0.2) is 249 Å². The third-order valence-corrected chi connectivity index (χ3v) is 18.3. The minimum atomic E-state index is -1.22. The Hall–Kier alpha value is -6.08. The van der Waals surface area contributed by atoms with E-state index in [1.807, 2.05) is 48.5 Å². The Bertz CT molecular complexity index is 3360. The van der Waals surface area contributed by atoms with Crippen LogP contribution in [0.3, 0.4) is 0 Å². The summed E-state index contributed by atoms with van der Waals surface area (Å²) in [5.74, 6) is 5.02. The van der Waals surface area contributed by atoms with E-state index in [0.29, 0.717) is 0 Å². The number of hydrogen-bond acceptors (Lipinski definition) is 0. The number of fused-ring (bicyclic) bond motifs is 6. The van der Waals surface area contributed by atoms with Gasteiger partial charge in [-0.05, 0) is 104 Å². The molecule has 0 amide bonds. The first-order valence-electron chi connectivity index (χ1n) is 23.1. The van der Waals surface area contributed by atoms with Gasteiger partial charge in [0.2, 0.25) is 0 Å². The molecule has 4 heteroatoms. The van der Waals surface area contributed by atoms with Gasteiger partial charge in [-0.3, -0.25) is 11.8 Å². The summed E-state index contributed by atoms with van der Waals surface area (Å²) in [7, 11) is -2.42. The zero-order valence-electron chi connectivity index (χ0n) is 39.3. The zero-order valence-corrected chi connectivity index (χ0v) is 45.6. The van der Waals surface area contributed by atoms with E-state index in [0.717, 1.165) is 32.7 Å². The molecule has 346 valence electrons. The Balaban J connectivity index is 0.000000175. The van der Waals surface area contributed by atoms with E-state index in [4.69, 9.17) is 12.8 Å². The molecular formula is C66H52Au2P2+2. The van der Waals surface area contributed by atoms with Crippen molar-refractivity contribution in [3.05, 3.63) is 278 Å². The molecule has 11 aromatic carbocycles. The van der Waals surface area contributed by atoms with E-state index in [2.05, 4.69) is 233 Å². The molecule has 0 fully saturated rings. The molecule has 0 unspecified atom stereocenters. The average molecular weight is 1300 g/mol. The molecule has 0 aromatic heterocycles. The molecule has 11 rings (SSSR count). The van der Waals surface area contributed by atoms with Crippen LogP contribution in [0.4, 0.5) is 0 Å². The summed E-state index contributed by atoms with van der Waals surface area (Å²) in [6.07, 6.45) is 14.7. The Morgan fingerprint density at radius 2 is 0.657 bits per heavy atom. The van der Waals surface area contributed by atoms with Gasteiger partial charge >= 0.3 is 44.8 Å². The van der Waals surface area contributed by atoms with Gasteiger partial charge in [0.05, 0.1) is 0 Å². The molecule has 0 N–H and O–H groups in total. The van der Waals surface area contributed by atoms with Crippen LogP contribution >= 0.6 is 15.8 Å². The standard InChI is InChI=1S/C34H32P2.2C16H9.2Au/c1-34(2,3)27-24-25-32(35(28-16-8-4-9-17-28)29-18-10-5-11-19-29)33(26-27)36(30-20-12-6-13-21-30)31-22-14-7-15-23-31;2*1-2-12-7-5-8-14-11-10-13-6-3-4-9-15(13)16(12)14;;/h4-26H,1-3H3;2*3-11H;;/q;2*-1;2*+1/p+2. The van der Waals surface area contributed by atoms with Gasteiger partial charge in [0.25, 0.3) is 0 Å². The van der Waals surface area contributed by atoms with Crippen molar-refractivity contribution >= 4 is 90.8 Å². The third-order valence-electron chi connectivity index (χ3n) is 12.5. The predicted molar refractivity (Wildman–Crippen MR) is 301 cm³/mol. The molecule has 0 aliphatic rings. The molecule has 0 radical (unpaired) electrons. The summed E-state index contributed by atoms with van der Waals surface area (Å²) in [5.41, 5.74) is 3.20. The second-order valence-electron chi connectivity index (χ2n) is 17.9. The molecule has 0 bridgehead atoms. The summed E-state index contributed by atoms with van der Waals surface area (Å²) in [6, 6.07) is 88.9. The largest absolute Gasteiger partial charge is 1.00 e. The van der Waals surface area contributed by atoms with Crippen LogP contribution in [0.1, 0.15) is 37.5 Å². The van der Waals surface area contributed by atoms with Crippen molar-refractivity contribution in [1.82, 2.24) is 0 Å². The molecule has 0 saturated carbocycles. The Labute approximate surface area is 448 Å². The van der Waals surface area contributed by atoms with Crippen LogP contribution in [-0.4, -0.2) is 0 Å². The van der Waals surface area contributed by atoms with Gasteiger partial charge < -0.3 is 12.8 Å². The maximum absolute atomic E-state index is 7.35. The van der Waals surface area contributed by atoms with Crippen LogP contribution in [0.25, 0.3) is 43.1 Å². The first-order chi connectivity index (χ1) is 33.3. The van der Waals surface area contributed by atoms with Crippen LogP contribution < -0.4 is 31.8 Å². The van der Waals surface area contributed by atoms with Crippen molar-refractivity contribution in [2.75, 3.05) is 0 Å². The molecule has 0 spiro atoms. The third kappa shape index (κ3) is 11.6. The second kappa shape index (κ2) is 24.2. The maximum Gasteiger partial charge on any atom is 1.00 e. The van der Waals surface area contributed by atoms with E-state index in [9.17, 15) is 0 Å². The molecule has 0 heterocycles. The number of benzene rings is 11. The molecule has 0 aliphatic carbocycles. The van der Waals surface area contributed by atoms with Crippen LogP contribution in [0, 0.1) is 24.7 Å². The SMILES string of the molecule is CC(C)(C)c1ccc([PH+](c2ccccc2)c2ccccc2)c([PH+](c2ccccc2)c2ccccc2)c1.[Au+].[Au+].[C-]#Cc1cccc2ccc3ccccc3c12.[C-]#Cc1cccc2ccc3ccccc3c12. The fourth-order valence-corrected chi connectivity index (χ4v) is 15.1. The summed E-state index contributed by atoms with van der Waals surface area (Å²) in [5, 5.41) is 18.1. The van der Waals surface area contributed by atoms with Gasteiger partial charge in [0, 0.05) is 0 Å². The topological polar surface area (TPSA) is 0 Å². The van der Waals surface area contributed by atoms with Gasteiger partial charge in [-0.15, -0.1) is 23.3 Å². The van der Waals surface area contributed by atoms with Gasteiger partial charge in [-0.1, -0.05) is 207 Å². The first kappa shape index (κ1) is 51.8. The number of hydrogen-bond donors (Lipinski definition) is 0. The minimum absolute atomic E-state index is 0. The molecular weight excluding hydrogens is 1250 g/mol. The van der Waals surface area contributed by atoms with Crippen molar-refractivity contribution in [3.8, 4) is 11.8 Å². The molecule has 11 aromatic rings. The van der Waals surface area contributed by atoms with Crippen molar-refractivity contribution in [1.29, 1.82) is 0 Å². The van der Waals surface area contributed by atoms with Crippen LogP contribution in [-0.2, 0) is 50.2 Å². The Kier molecular flexibility index (Phi) is 17.9. The quantitative estimate of drug-likeness (QED) is 0.0512. The van der Waals surface area contributed by atoms with Crippen molar-refractivity contribution < 1.29 is 44.8 Å². The van der Waals surface area contributed by atoms with E-state index >= 15 is 0 Å². The molecule has 0 nitrogen and oxygen atoms in total. The number of rotatable bonds is 6. The van der Waals surface area contributed by atoms with Gasteiger partial charge in [0.1, 0.15) is 47.7 Å². The van der Waals surface area contributed by atoms with Crippen molar-refractivity contribution in [2.45, 2.75) is 26.2 Å².